The average molecular weight is 142 g/mol. The quantitative estimate of drug-likeness (QED) is 0.395. The normalized spacial score (nSPS) is 14.7. The summed E-state index contributed by atoms with van der Waals surface area (Å²) in [6.45, 7) is 0. The van der Waals surface area contributed by atoms with Crippen LogP contribution < -0.4 is 0 Å². The monoisotopic (exact) mass is 142 g/mol. The van der Waals surface area contributed by atoms with E-state index in [4.69, 9.17) is 0 Å². The van der Waals surface area contributed by atoms with Crippen LogP contribution in [-0.2, 0) is 19.3 Å². The SMILES string of the molecule is COC(=O)C1=CC=COO1. The van der Waals surface area contributed by atoms with Crippen molar-refractivity contribution in [3.8, 4) is 0 Å². The highest BCUT2D eigenvalue weighted by atomic mass is 17.2. The third-order valence-electron chi connectivity index (χ3n) is 0.906. The number of esters is 1. The van der Waals surface area contributed by atoms with Crippen molar-refractivity contribution in [2.45, 2.75) is 0 Å². The predicted octanol–water partition coefficient (Wildman–Crippen LogP) is 0.519. The Balaban J connectivity index is 2.62. The lowest BCUT2D eigenvalue weighted by Crippen LogP contribution is -2.08. The van der Waals surface area contributed by atoms with Crippen molar-refractivity contribution in [3.05, 3.63) is 24.2 Å². The lowest BCUT2D eigenvalue weighted by atomic mass is 10.4. The summed E-state index contributed by atoms with van der Waals surface area (Å²) in [5, 5.41) is 0. The minimum Gasteiger partial charge on any atom is -0.463 e. The van der Waals surface area contributed by atoms with E-state index in [1.54, 1.807) is 0 Å². The van der Waals surface area contributed by atoms with E-state index < -0.39 is 5.97 Å². The molecule has 10 heavy (non-hydrogen) atoms. The van der Waals surface area contributed by atoms with Gasteiger partial charge in [-0.05, 0) is 12.2 Å². The minimum absolute atomic E-state index is 0.0463. The van der Waals surface area contributed by atoms with Gasteiger partial charge in [-0.15, -0.1) is 0 Å². The number of methoxy groups -OCH3 is 1. The number of ether oxygens (including phenoxy) is 1. The number of hydrogen-bond acceptors (Lipinski definition) is 4. The van der Waals surface area contributed by atoms with E-state index in [2.05, 4.69) is 14.5 Å². The molecule has 1 rings (SSSR count). The fourth-order valence-corrected chi connectivity index (χ4v) is 0.469. The highest BCUT2D eigenvalue weighted by molar-refractivity contribution is 5.86. The fraction of sp³-hybridized carbons (Fsp3) is 0.167. The van der Waals surface area contributed by atoms with E-state index in [-0.39, 0.29) is 5.76 Å². The molecule has 0 saturated heterocycles. The van der Waals surface area contributed by atoms with Crippen LogP contribution in [0, 0.1) is 0 Å². The highest BCUT2D eigenvalue weighted by Crippen LogP contribution is 2.05. The van der Waals surface area contributed by atoms with Crippen LogP contribution in [0.1, 0.15) is 0 Å². The molecule has 4 nitrogen and oxygen atoms in total. The summed E-state index contributed by atoms with van der Waals surface area (Å²) in [6, 6.07) is 0. The van der Waals surface area contributed by atoms with Crippen molar-refractivity contribution < 1.29 is 19.3 Å². The van der Waals surface area contributed by atoms with Crippen LogP contribution in [0.4, 0.5) is 0 Å². The standard InChI is InChI=1S/C6H6O4/c1-8-6(7)5-3-2-4-9-10-5/h2-4H,1H3. The second-order valence-electron chi connectivity index (χ2n) is 1.53. The summed E-state index contributed by atoms with van der Waals surface area (Å²) < 4.78 is 4.34. The molecule has 0 unspecified atom stereocenters. The Hall–Kier alpha value is -1.45. The molecule has 0 aliphatic carbocycles. The Bertz CT molecular complexity index is 192. The van der Waals surface area contributed by atoms with Crippen LogP contribution in [0.3, 0.4) is 0 Å². The molecule has 0 aromatic heterocycles. The molecule has 54 valence electrons. The van der Waals surface area contributed by atoms with Crippen LogP contribution >= 0.6 is 0 Å². The van der Waals surface area contributed by atoms with Crippen LogP contribution in [0.5, 0.6) is 0 Å². The molecule has 0 N–H and O–H groups in total. The molecule has 1 aliphatic heterocycles. The van der Waals surface area contributed by atoms with E-state index in [0.717, 1.165) is 0 Å². The second-order valence-corrected chi connectivity index (χ2v) is 1.53. The van der Waals surface area contributed by atoms with E-state index in [1.807, 2.05) is 0 Å². The van der Waals surface area contributed by atoms with E-state index in [9.17, 15) is 4.79 Å². The zero-order valence-electron chi connectivity index (χ0n) is 5.37. The Morgan fingerprint density at radius 2 is 2.50 bits per heavy atom. The van der Waals surface area contributed by atoms with Crippen molar-refractivity contribution in [1.29, 1.82) is 0 Å². The van der Waals surface area contributed by atoms with Crippen molar-refractivity contribution >= 4 is 5.97 Å². The first-order chi connectivity index (χ1) is 4.84. The number of hydrogen-bond donors (Lipinski definition) is 0. The van der Waals surface area contributed by atoms with Crippen molar-refractivity contribution in [2.75, 3.05) is 7.11 Å². The summed E-state index contributed by atoms with van der Waals surface area (Å²) in [4.78, 5) is 19.4. The van der Waals surface area contributed by atoms with E-state index in [0.29, 0.717) is 0 Å². The zero-order valence-corrected chi connectivity index (χ0v) is 5.37. The van der Waals surface area contributed by atoms with Gasteiger partial charge in [0.25, 0.3) is 5.76 Å². The smallest absolute Gasteiger partial charge is 0.378 e. The lowest BCUT2D eigenvalue weighted by Gasteiger charge is -2.05. The van der Waals surface area contributed by atoms with Crippen LogP contribution in [-0.4, -0.2) is 13.1 Å². The van der Waals surface area contributed by atoms with Gasteiger partial charge in [0.05, 0.1) is 7.11 Å². The first kappa shape index (κ1) is 6.67. The van der Waals surface area contributed by atoms with Gasteiger partial charge in [0.1, 0.15) is 6.26 Å². The van der Waals surface area contributed by atoms with Crippen LogP contribution in [0.2, 0.25) is 0 Å². The van der Waals surface area contributed by atoms with Gasteiger partial charge in [-0.3, -0.25) is 9.78 Å². The van der Waals surface area contributed by atoms with Gasteiger partial charge in [-0.1, -0.05) is 0 Å². The van der Waals surface area contributed by atoms with E-state index >= 15 is 0 Å². The summed E-state index contributed by atoms with van der Waals surface area (Å²) in [6.07, 6.45) is 4.30. The van der Waals surface area contributed by atoms with Gasteiger partial charge in [0, 0.05) is 0 Å². The molecule has 0 spiro atoms. The zero-order chi connectivity index (χ0) is 7.40. The van der Waals surface area contributed by atoms with Crippen LogP contribution in [0.25, 0.3) is 0 Å². The average Bonchev–Trinajstić information content (AvgIpc) is 2.05. The largest absolute Gasteiger partial charge is 0.463 e. The third-order valence-corrected chi connectivity index (χ3v) is 0.906. The molecular formula is C6H6O4. The van der Waals surface area contributed by atoms with Crippen LogP contribution in [0.15, 0.2) is 24.2 Å². The second kappa shape index (κ2) is 2.91. The van der Waals surface area contributed by atoms with Crippen molar-refractivity contribution in [1.82, 2.24) is 0 Å². The molecule has 0 atom stereocenters. The molecule has 0 aromatic carbocycles. The number of rotatable bonds is 1. The number of carbonyl (C=O) groups excluding carboxylic acids is 1. The summed E-state index contributed by atoms with van der Waals surface area (Å²) in [7, 11) is 1.27. The number of carbonyl (C=O) groups is 1. The molecule has 4 heteroatoms. The molecule has 0 fully saturated rings. The van der Waals surface area contributed by atoms with Gasteiger partial charge >= 0.3 is 5.97 Å². The molecule has 1 aliphatic rings. The first-order valence-corrected chi connectivity index (χ1v) is 2.63. The van der Waals surface area contributed by atoms with Gasteiger partial charge < -0.3 is 4.74 Å². The molecule has 0 aromatic rings. The molecule has 0 radical (unpaired) electrons. The molecule has 0 bridgehead atoms. The molecule has 0 saturated carbocycles. The van der Waals surface area contributed by atoms with Crippen molar-refractivity contribution in [2.24, 2.45) is 0 Å². The van der Waals surface area contributed by atoms with Gasteiger partial charge in [-0.25, -0.2) is 4.79 Å². The third kappa shape index (κ3) is 1.28. The number of allylic oxidation sites excluding steroid dienone is 2. The summed E-state index contributed by atoms with van der Waals surface area (Å²) in [5.74, 6) is -0.505. The van der Waals surface area contributed by atoms with Gasteiger partial charge in [-0.2, -0.15) is 0 Å². The topological polar surface area (TPSA) is 44.8 Å². The Labute approximate surface area is 57.6 Å². The molecular weight excluding hydrogens is 136 g/mol. The fourth-order valence-electron chi connectivity index (χ4n) is 0.469. The maximum Gasteiger partial charge on any atom is 0.378 e. The summed E-state index contributed by atoms with van der Waals surface area (Å²) >= 11 is 0. The lowest BCUT2D eigenvalue weighted by molar-refractivity contribution is -0.220. The molecule has 0 amide bonds. The highest BCUT2D eigenvalue weighted by Gasteiger charge is 2.13. The Kier molecular flexibility index (Phi) is 1.94. The summed E-state index contributed by atoms with van der Waals surface area (Å²) in [5.41, 5.74) is 0. The maximum atomic E-state index is 10.6. The van der Waals surface area contributed by atoms with Gasteiger partial charge in [0.15, 0.2) is 0 Å². The Morgan fingerprint density at radius 3 is 3.00 bits per heavy atom. The predicted molar refractivity (Wildman–Crippen MR) is 31.4 cm³/mol. The first-order valence-electron chi connectivity index (χ1n) is 2.63. The minimum atomic E-state index is -0.552. The molecule has 1 heterocycles. The Morgan fingerprint density at radius 1 is 1.70 bits per heavy atom. The van der Waals surface area contributed by atoms with E-state index in [1.165, 1.54) is 25.5 Å². The van der Waals surface area contributed by atoms with Gasteiger partial charge in [0.2, 0.25) is 0 Å². The maximum absolute atomic E-state index is 10.6. The van der Waals surface area contributed by atoms with Crippen molar-refractivity contribution in [3.63, 3.8) is 0 Å².